The molecule has 2 aliphatic heterocycles. The molecule has 4 rings (SSSR count). The number of hydrogen-bond acceptors (Lipinski definition) is 5. The molecule has 0 unspecified atom stereocenters. The van der Waals surface area contributed by atoms with E-state index in [-0.39, 0.29) is 11.0 Å². The standard InChI is InChI=1S/C21H25Cl2FN4O2/c1-3-13-19(27-9-7-21(8-10-27)11-30-18(24)17(21)25)26-12(2)28(20(13)29)15-6-4-5-14(22)16(15)23/h4-6,17-18H,3,7-11,25H2,1-2H3/t17-,18-/m1/s1. The summed E-state index contributed by atoms with van der Waals surface area (Å²) in [6.07, 6.45) is 0.509. The highest BCUT2D eigenvalue weighted by Crippen LogP contribution is 2.42. The maximum atomic E-state index is 13.8. The molecule has 2 saturated heterocycles. The van der Waals surface area contributed by atoms with Crippen molar-refractivity contribution in [2.24, 2.45) is 11.1 Å². The van der Waals surface area contributed by atoms with Crippen LogP contribution < -0.4 is 16.2 Å². The topological polar surface area (TPSA) is 73.4 Å². The van der Waals surface area contributed by atoms with Gasteiger partial charge in [0.1, 0.15) is 11.6 Å². The normalized spacial score (nSPS) is 23.3. The van der Waals surface area contributed by atoms with E-state index in [4.69, 9.17) is 38.7 Å². The third-order valence-electron chi connectivity index (χ3n) is 6.43. The number of piperidine rings is 1. The lowest BCUT2D eigenvalue weighted by Gasteiger charge is -2.41. The number of alkyl halides is 1. The van der Waals surface area contributed by atoms with Crippen LogP contribution in [0, 0.1) is 12.3 Å². The minimum Gasteiger partial charge on any atom is -0.356 e. The van der Waals surface area contributed by atoms with Crippen LogP contribution in [-0.4, -0.2) is 41.6 Å². The van der Waals surface area contributed by atoms with Gasteiger partial charge in [-0.2, -0.15) is 0 Å². The Bertz CT molecular complexity index is 1020. The average Bonchev–Trinajstić information content (AvgIpc) is 3.00. The maximum Gasteiger partial charge on any atom is 0.263 e. The molecule has 2 fully saturated rings. The number of hydrogen-bond donors (Lipinski definition) is 1. The lowest BCUT2D eigenvalue weighted by molar-refractivity contribution is 0.0000476. The Hall–Kier alpha value is -1.67. The Morgan fingerprint density at radius 1 is 1.33 bits per heavy atom. The van der Waals surface area contributed by atoms with E-state index in [1.54, 1.807) is 25.1 Å². The van der Waals surface area contributed by atoms with E-state index in [1.165, 1.54) is 4.57 Å². The van der Waals surface area contributed by atoms with Gasteiger partial charge in [0.15, 0.2) is 0 Å². The molecular weight excluding hydrogens is 430 g/mol. The SMILES string of the molecule is CCc1c(N2CCC3(CC2)CO[C@@H](F)[C@H]3N)nc(C)n(-c2cccc(Cl)c2Cl)c1=O. The van der Waals surface area contributed by atoms with E-state index in [2.05, 4.69) is 4.90 Å². The van der Waals surface area contributed by atoms with Gasteiger partial charge in [-0.05, 0) is 38.3 Å². The third-order valence-corrected chi connectivity index (χ3v) is 7.24. The molecule has 0 saturated carbocycles. The molecule has 0 radical (unpaired) electrons. The van der Waals surface area contributed by atoms with Gasteiger partial charge in [0.05, 0.1) is 33.9 Å². The summed E-state index contributed by atoms with van der Waals surface area (Å²) in [5, 5.41) is 0.696. The molecule has 1 aromatic heterocycles. The summed E-state index contributed by atoms with van der Waals surface area (Å²) >= 11 is 12.5. The Morgan fingerprint density at radius 3 is 2.63 bits per heavy atom. The number of anilines is 1. The van der Waals surface area contributed by atoms with E-state index < -0.39 is 12.4 Å². The first-order chi connectivity index (χ1) is 14.3. The van der Waals surface area contributed by atoms with Crippen molar-refractivity contribution in [1.29, 1.82) is 0 Å². The van der Waals surface area contributed by atoms with Crippen LogP contribution in [0.5, 0.6) is 0 Å². The predicted molar refractivity (Wildman–Crippen MR) is 117 cm³/mol. The summed E-state index contributed by atoms with van der Waals surface area (Å²) in [5.74, 6) is 1.20. The molecule has 1 spiro atoms. The minimum atomic E-state index is -1.41. The van der Waals surface area contributed by atoms with Gasteiger partial charge in [-0.25, -0.2) is 9.37 Å². The van der Waals surface area contributed by atoms with Crippen molar-refractivity contribution in [3.63, 3.8) is 0 Å². The van der Waals surface area contributed by atoms with Gasteiger partial charge in [-0.15, -0.1) is 0 Å². The Labute approximate surface area is 184 Å². The minimum absolute atomic E-state index is 0.158. The number of aromatic nitrogens is 2. The Kier molecular flexibility index (Phi) is 5.83. The summed E-state index contributed by atoms with van der Waals surface area (Å²) in [6.45, 7) is 5.34. The van der Waals surface area contributed by atoms with Gasteiger partial charge >= 0.3 is 0 Å². The molecule has 2 atom stereocenters. The van der Waals surface area contributed by atoms with Crippen molar-refractivity contribution < 1.29 is 9.13 Å². The van der Waals surface area contributed by atoms with Gasteiger partial charge in [0.25, 0.3) is 5.56 Å². The lowest BCUT2D eigenvalue weighted by Crippen LogP contribution is -2.51. The second kappa shape index (κ2) is 8.11. The number of nitrogens with two attached hydrogens (primary N) is 1. The lowest BCUT2D eigenvalue weighted by atomic mass is 9.74. The average molecular weight is 455 g/mol. The van der Waals surface area contributed by atoms with Crippen LogP contribution >= 0.6 is 23.2 Å². The van der Waals surface area contributed by atoms with Crippen LogP contribution in [0.4, 0.5) is 10.2 Å². The monoisotopic (exact) mass is 454 g/mol. The van der Waals surface area contributed by atoms with Crippen LogP contribution in [0.1, 0.15) is 31.2 Å². The molecular formula is C21H25Cl2FN4O2. The van der Waals surface area contributed by atoms with E-state index in [0.717, 1.165) is 0 Å². The summed E-state index contributed by atoms with van der Waals surface area (Å²) in [7, 11) is 0. The first-order valence-corrected chi connectivity index (χ1v) is 10.9. The van der Waals surface area contributed by atoms with Gasteiger partial charge in [0.2, 0.25) is 6.36 Å². The molecule has 30 heavy (non-hydrogen) atoms. The highest BCUT2D eigenvalue weighted by Gasteiger charge is 2.49. The quantitative estimate of drug-likeness (QED) is 0.765. The van der Waals surface area contributed by atoms with Crippen LogP contribution in [0.3, 0.4) is 0 Å². The summed E-state index contributed by atoms with van der Waals surface area (Å²) in [5.41, 5.74) is 6.70. The van der Waals surface area contributed by atoms with E-state index in [0.29, 0.717) is 71.9 Å². The van der Waals surface area contributed by atoms with E-state index in [9.17, 15) is 9.18 Å². The van der Waals surface area contributed by atoms with Crippen molar-refractivity contribution in [2.45, 2.75) is 45.5 Å². The highest BCUT2D eigenvalue weighted by molar-refractivity contribution is 6.43. The fourth-order valence-corrected chi connectivity index (χ4v) is 4.91. The predicted octanol–water partition coefficient (Wildman–Crippen LogP) is 3.65. The molecule has 0 bridgehead atoms. The van der Waals surface area contributed by atoms with Gasteiger partial charge in [-0.3, -0.25) is 9.36 Å². The fourth-order valence-electron chi connectivity index (χ4n) is 4.53. The van der Waals surface area contributed by atoms with Crippen molar-refractivity contribution in [3.05, 3.63) is 50.0 Å². The van der Waals surface area contributed by atoms with Crippen LogP contribution in [0.2, 0.25) is 10.0 Å². The van der Waals surface area contributed by atoms with Crippen molar-refractivity contribution >= 4 is 29.0 Å². The molecule has 2 aliphatic rings. The molecule has 162 valence electrons. The maximum absolute atomic E-state index is 13.8. The zero-order chi connectivity index (χ0) is 21.6. The molecule has 2 aromatic rings. The number of benzene rings is 1. The summed E-state index contributed by atoms with van der Waals surface area (Å²) < 4.78 is 20.5. The zero-order valence-corrected chi connectivity index (χ0v) is 18.5. The van der Waals surface area contributed by atoms with Crippen molar-refractivity contribution in [1.82, 2.24) is 9.55 Å². The van der Waals surface area contributed by atoms with Crippen molar-refractivity contribution in [2.75, 3.05) is 24.6 Å². The van der Waals surface area contributed by atoms with E-state index >= 15 is 0 Å². The number of aryl methyl sites for hydroxylation is 1. The first-order valence-electron chi connectivity index (χ1n) is 10.1. The molecule has 3 heterocycles. The number of rotatable bonds is 3. The fraction of sp³-hybridized carbons (Fsp3) is 0.524. The van der Waals surface area contributed by atoms with Crippen molar-refractivity contribution in [3.8, 4) is 5.69 Å². The molecule has 0 aliphatic carbocycles. The Balaban J connectivity index is 1.69. The van der Waals surface area contributed by atoms with E-state index in [1.807, 2.05) is 6.92 Å². The summed E-state index contributed by atoms with van der Waals surface area (Å²) in [6, 6.07) is 4.57. The largest absolute Gasteiger partial charge is 0.356 e. The Morgan fingerprint density at radius 2 is 2.03 bits per heavy atom. The highest BCUT2D eigenvalue weighted by atomic mass is 35.5. The van der Waals surface area contributed by atoms with Crippen LogP contribution in [0.25, 0.3) is 5.69 Å². The first kappa shape index (κ1) is 21.6. The second-order valence-electron chi connectivity index (χ2n) is 8.07. The number of halogens is 3. The third kappa shape index (κ3) is 3.42. The second-order valence-corrected chi connectivity index (χ2v) is 8.85. The van der Waals surface area contributed by atoms with Crippen LogP contribution in [-0.2, 0) is 11.2 Å². The number of nitrogens with zero attached hydrogens (tertiary/aromatic N) is 3. The molecule has 1 aromatic carbocycles. The molecule has 2 N–H and O–H groups in total. The van der Waals surface area contributed by atoms with Gasteiger partial charge < -0.3 is 15.4 Å². The molecule has 0 amide bonds. The summed E-state index contributed by atoms with van der Waals surface area (Å²) in [4.78, 5) is 20.3. The van der Waals surface area contributed by atoms with Gasteiger partial charge in [-0.1, -0.05) is 36.2 Å². The smallest absolute Gasteiger partial charge is 0.263 e. The molecule has 9 heteroatoms. The molecule has 6 nitrogen and oxygen atoms in total. The van der Waals surface area contributed by atoms with Crippen LogP contribution in [0.15, 0.2) is 23.0 Å². The zero-order valence-electron chi connectivity index (χ0n) is 17.0. The number of ether oxygens (including phenoxy) is 1. The van der Waals surface area contributed by atoms with Gasteiger partial charge in [0, 0.05) is 18.5 Å².